The van der Waals surface area contributed by atoms with E-state index in [0.717, 1.165) is 37.8 Å². The Morgan fingerprint density at radius 1 is 1.28 bits per heavy atom. The SMILES string of the molecule is O=C(NC1CC=CC1)c1ccc2c(c1)CCCN2. The second kappa shape index (κ2) is 4.84. The van der Waals surface area contributed by atoms with Crippen LogP contribution in [0.15, 0.2) is 30.4 Å². The van der Waals surface area contributed by atoms with E-state index in [9.17, 15) is 4.79 Å². The van der Waals surface area contributed by atoms with Gasteiger partial charge in [0.2, 0.25) is 0 Å². The summed E-state index contributed by atoms with van der Waals surface area (Å²) < 4.78 is 0. The second-order valence-corrected chi connectivity index (χ2v) is 5.02. The first-order valence-corrected chi connectivity index (χ1v) is 6.65. The van der Waals surface area contributed by atoms with Crippen LogP contribution in [-0.4, -0.2) is 18.5 Å². The van der Waals surface area contributed by atoms with Crippen molar-refractivity contribution in [3.8, 4) is 0 Å². The molecule has 2 aliphatic rings. The normalized spacial score (nSPS) is 18.2. The first kappa shape index (κ1) is 11.3. The van der Waals surface area contributed by atoms with E-state index in [1.807, 2.05) is 18.2 Å². The lowest BCUT2D eigenvalue weighted by atomic mass is 10.0. The summed E-state index contributed by atoms with van der Waals surface area (Å²) >= 11 is 0. The predicted molar refractivity (Wildman–Crippen MR) is 72.9 cm³/mol. The Bertz CT molecular complexity index is 485. The van der Waals surface area contributed by atoms with Crippen molar-refractivity contribution < 1.29 is 4.79 Å². The Balaban J connectivity index is 1.73. The van der Waals surface area contributed by atoms with E-state index in [0.29, 0.717) is 0 Å². The molecule has 0 fully saturated rings. The number of aryl methyl sites for hydroxylation is 1. The zero-order valence-corrected chi connectivity index (χ0v) is 10.4. The largest absolute Gasteiger partial charge is 0.385 e. The number of hydrogen-bond acceptors (Lipinski definition) is 2. The Morgan fingerprint density at radius 3 is 2.94 bits per heavy atom. The maximum atomic E-state index is 12.1. The van der Waals surface area contributed by atoms with Gasteiger partial charge in [-0.25, -0.2) is 0 Å². The standard InChI is InChI=1S/C15H18N2O/c18-15(17-13-5-1-2-6-13)12-7-8-14-11(10-12)4-3-9-16-14/h1-2,7-8,10,13,16H,3-6,9H2,(H,17,18). The highest BCUT2D eigenvalue weighted by molar-refractivity contribution is 5.95. The first-order valence-electron chi connectivity index (χ1n) is 6.65. The van der Waals surface area contributed by atoms with E-state index in [1.54, 1.807) is 0 Å². The van der Waals surface area contributed by atoms with Gasteiger partial charge in [-0.05, 0) is 49.4 Å². The summed E-state index contributed by atoms with van der Waals surface area (Å²) in [5.74, 6) is 0.0528. The number of fused-ring (bicyclic) bond motifs is 1. The Morgan fingerprint density at radius 2 is 2.11 bits per heavy atom. The highest BCUT2D eigenvalue weighted by Gasteiger charge is 2.16. The third-order valence-corrected chi connectivity index (χ3v) is 3.65. The molecule has 3 rings (SSSR count). The zero-order valence-electron chi connectivity index (χ0n) is 10.4. The molecule has 0 saturated carbocycles. The number of amides is 1. The van der Waals surface area contributed by atoms with E-state index in [2.05, 4.69) is 22.8 Å². The van der Waals surface area contributed by atoms with Gasteiger partial charge in [-0.2, -0.15) is 0 Å². The minimum absolute atomic E-state index is 0.0528. The van der Waals surface area contributed by atoms with Crippen molar-refractivity contribution in [2.24, 2.45) is 0 Å². The van der Waals surface area contributed by atoms with Crippen LogP contribution in [0.25, 0.3) is 0 Å². The molecule has 0 atom stereocenters. The third kappa shape index (κ3) is 2.26. The van der Waals surface area contributed by atoms with Gasteiger partial charge in [-0.3, -0.25) is 4.79 Å². The summed E-state index contributed by atoms with van der Waals surface area (Å²) in [5, 5.41) is 6.44. The summed E-state index contributed by atoms with van der Waals surface area (Å²) in [5.41, 5.74) is 3.23. The van der Waals surface area contributed by atoms with Crippen LogP contribution in [0.2, 0.25) is 0 Å². The van der Waals surface area contributed by atoms with E-state index in [4.69, 9.17) is 0 Å². The van der Waals surface area contributed by atoms with Crippen molar-refractivity contribution in [3.05, 3.63) is 41.5 Å². The molecule has 0 unspecified atom stereocenters. The van der Waals surface area contributed by atoms with Gasteiger partial charge in [-0.15, -0.1) is 0 Å². The molecule has 1 amide bonds. The lowest BCUT2D eigenvalue weighted by Crippen LogP contribution is -2.32. The number of hydrogen-bond donors (Lipinski definition) is 2. The maximum absolute atomic E-state index is 12.1. The van der Waals surface area contributed by atoms with Crippen LogP contribution >= 0.6 is 0 Å². The van der Waals surface area contributed by atoms with Crippen LogP contribution < -0.4 is 10.6 Å². The van der Waals surface area contributed by atoms with Crippen LogP contribution in [0.1, 0.15) is 35.2 Å². The first-order chi connectivity index (χ1) is 8.83. The van der Waals surface area contributed by atoms with Gasteiger partial charge in [-0.1, -0.05) is 12.2 Å². The lowest BCUT2D eigenvalue weighted by Gasteiger charge is -2.19. The van der Waals surface area contributed by atoms with Crippen molar-refractivity contribution in [3.63, 3.8) is 0 Å². The van der Waals surface area contributed by atoms with Crippen LogP contribution in [0.5, 0.6) is 0 Å². The molecule has 1 aromatic carbocycles. The van der Waals surface area contributed by atoms with Gasteiger partial charge in [0.1, 0.15) is 0 Å². The predicted octanol–water partition coefficient (Wildman–Crippen LogP) is 2.49. The molecule has 0 aromatic heterocycles. The van der Waals surface area contributed by atoms with Crippen molar-refractivity contribution in [1.29, 1.82) is 0 Å². The van der Waals surface area contributed by atoms with Crippen molar-refractivity contribution in [1.82, 2.24) is 5.32 Å². The van der Waals surface area contributed by atoms with Gasteiger partial charge < -0.3 is 10.6 Å². The quantitative estimate of drug-likeness (QED) is 0.782. The van der Waals surface area contributed by atoms with Gasteiger partial charge in [0.05, 0.1) is 0 Å². The smallest absolute Gasteiger partial charge is 0.251 e. The minimum atomic E-state index is 0.0528. The van der Waals surface area contributed by atoms with Gasteiger partial charge in [0, 0.05) is 23.8 Å². The molecule has 0 radical (unpaired) electrons. The molecule has 1 aromatic rings. The summed E-state index contributed by atoms with van der Waals surface area (Å²) in [4.78, 5) is 12.1. The van der Waals surface area contributed by atoms with Crippen molar-refractivity contribution in [2.75, 3.05) is 11.9 Å². The Hall–Kier alpha value is -1.77. The number of benzene rings is 1. The molecule has 0 saturated heterocycles. The average molecular weight is 242 g/mol. The number of anilines is 1. The third-order valence-electron chi connectivity index (χ3n) is 3.65. The van der Waals surface area contributed by atoms with E-state index in [-0.39, 0.29) is 11.9 Å². The molecule has 3 nitrogen and oxygen atoms in total. The Kier molecular flexibility index (Phi) is 3.05. The van der Waals surface area contributed by atoms with E-state index in [1.165, 1.54) is 11.3 Å². The fraction of sp³-hybridized carbons (Fsp3) is 0.400. The van der Waals surface area contributed by atoms with Gasteiger partial charge >= 0.3 is 0 Å². The minimum Gasteiger partial charge on any atom is -0.385 e. The molecule has 3 heteroatoms. The monoisotopic (exact) mass is 242 g/mol. The molecule has 94 valence electrons. The highest BCUT2D eigenvalue weighted by atomic mass is 16.1. The lowest BCUT2D eigenvalue weighted by molar-refractivity contribution is 0.0939. The highest BCUT2D eigenvalue weighted by Crippen LogP contribution is 2.23. The topological polar surface area (TPSA) is 41.1 Å². The van der Waals surface area contributed by atoms with Gasteiger partial charge in [0.15, 0.2) is 0 Å². The van der Waals surface area contributed by atoms with Crippen LogP contribution in [0, 0.1) is 0 Å². The van der Waals surface area contributed by atoms with Crippen LogP contribution in [0.3, 0.4) is 0 Å². The van der Waals surface area contributed by atoms with Crippen molar-refractivity contribution in [2.45, 2.75) is 31.7 Å². The fourth-order valence-electron chi connectivity index (χ4n) is 2.62. The Labute approximate surface area is 107 Å². The number of nitrogens with one attached hydrogen (secondary N) is 2. The van der Waals surface area contributed by atoms with Crippen LogP contribution in [0.4, 0.5) is 5.69 Å². The molecular formula is C15H18N2O. The van der Waals surface area contributed by atoms with Crippen molar-refractivity contribution >= 4 is 11.6 Å². The summed E-state index contributed by atoms with van der Waals surface area (Å²) in [6.07, 6.45) is 8.37. The molecule has 0 spiro atoms. The zero-order chi connectivity index (χ0) is 12.4. The summed E-state index contributed by atoms with van der Waals surface area (Å²) in [6, 6.07) is 6.25. The number of carbonyl (C=O) groups excluding carboxylic acids is 1. The van der Waals surface area contributed by atoms with E-state index >= 15 is 0 Å². The molecule has 0 bridgehead atoms. The maximum Gasteiger partial charge on any atom is 0.251 e. The molecule has 1 heterocycles. The van der Waals surface area contributed by atoms with Gasteiger partial charge in [0.25, 0.3) is 5.91 Å². The molecule has 2 N–H and O–H groups in total. The molecule has 18 heavy (non-hydrogen) atoms. The van der Waals surface area contributed by atoms with Crippen LogP contribution in [-0.2, 0) is 6.42 Å². The number of rotatable bonds is 2. The summed E-state index contributed by atoms with van der Waals surface area (Å²) in [6.45, 7) is 1.03. The summed E-state index contributed by atoms with van der Waals surface area (Å²) in [7, 11) is 0. The molecular weight excluding hydrogens is 224 g/mol. The van der Waals surface area contributed by atoms with E-state index < -0.39 is 0 Å². The molecule has 1 aliphatic carbocycles. The molecule has 1 aliphatic heterocycles. The number of carbonyl (C=O) groups is 1. The fourth-order valence-corrected chi connectivity index (χ4v) is 2.62. The second-order valence-electron chi connectivity index (χ2n) is 5.02. The average Bonchev–Trinajstić information content (AvgIpc) is 2.91.